The van der Waals surface area contributed by atoms with Crippen LogP contribution in [0.25, 0.3) is 0 Å². The number of anilines is 1. The minimum absolute atomic E-state index is 0.0139. The van der Waals surface area contributed by atoms with Crippen LogP contribution < -0.4 is 9.46 Å². The molecule has 0 radical (unpaired) electrons. The Balaban J connectivity index is 1.70. The molecule has 2 N–H and O–H groups in total. The minimum atomic E-state index is -3.98. The first-order chi connectivity index (χ1) is 19.3. The van der Waals surface area contributed by atoms with Gasteiger partial charge in [-0.3, -0.25) is 9.52 Å². The highest BCUT2D eigenvalue weighted by Gasteiger charge is 2.37. The Bertz CT molecular complexity index is 1600. The predicted octanol–water partition coefficient (Wildman–Crippen LogP) is 2.63. The molecule has 0 saturated heterocycles. The number of likely N-dealkylation sites (N-methyl/N-ethyl adjacent to an activating group) is 1. The second kappa shape index (κ2) is 11.8. The second-order valence-electron chi connectivity index (χ2n) is 10.2. The third-order valence-electron chi connectivity index (χ3n) is 7.04. The molecule has 41 heavy (non-hydrogen) atoms. The molecule has 14 heteroatoms. The Morgan fingerprint density at radius 1 is 1.15 bits per heavy atom. The number of carbonyl (C=O) groups is 1. The number of hydrogen-bond donors (Lipinski definition) is 2. The molecule has 0 saturated carbocycles. The number of carbonyl (C=O) groups excluding carboxylic acids is 1. The van der Waals surface area contributed by atoms with E-state index < -0.39 is 38.1 Å². The molecule has 0 unspecified atom stereocenters. The summed E-state index contributed by atoms with van der Waals surface area (Å²) in [5, 5.41) is 13.6. The lowest BCUT2D eigenvalue weighted by molar-refractivity contribution is 0.0387. The van der Waals surface area contributed by atoms with Gasteiger partial charge in [-0.1, -0.05) is 30.3 Å². The molecule has 4 rings (SSSR count). The van der Waals surface area contributed by atoms with Crippen molar-refractivity contribution in [3.63, 3.8) is 0 Å². The summed E-state index contributed by atoms with van der Waals surface area (Å²) in [5.41, 5.74) is 0.460. The van der Waals surface area contributed by atoms with E-state index >= 15 is 0 Å². The standard InChI is InChI=1S/C27H34N4O8S2/c1-17-14-31(18(2)16-32)27(33)23-13-21(29-40(34,35)22-9-7-6-8-10-22)11-12-24(23)38-25(17)15-30(5)41(36,37)26-19(3)28-39-20(26)4/h6-13,17-18,25,29,32H,14-16H2,1-5H3/t17-,18-,25-/m0/s1. The maximum Gasteiger partial charge on any atom is 0.261 e. The van der Waals surface area contributed by atoms with Crippen molar-refractivity contribution in [3.05, 3.63) is 65.5 Å². The third kappa shape index (κ3) is 6.25. The summed E-state index contributed by atoms with van der Waals surface area (Å²) < 4.78 is 67.6. The van der Waals surface area contributed by atoms with E-state index in [-0.39, 0.29) is 63.9 Å². The Hall–Kier alpha value is -3.46. The summed E-state index contributed by atoms with van der Waals surface area (Å²) in [5.74, 6) is -0.471. The predicted molar refractivity (Wildman–Crippen MR) is 151 cm³/mol. The Kier molecular flexibility index (Phi) is 8.78. The number of nitrogens with zero attached hydrogens (tertiary/aromatic N) is 3. The van der Waals surface area contributed by atoms with Gasteiger partial charge in [0.25, 0.3) is 15.9 Å². The summed E-state index contributed by atoms with van der Waals surface area (Å²) in [6.07, 6.45) is -0.706. The molecule has 1 aliphatic rings. The normalized spacial score (nSPS) is 18.8. The Morgan fingerprint density at radius 2 is 1.83 bits per heavy atom. The van der Waals surface area contributed by atoms with E-state index in [0.717, 1.165) is 4.31 Å². The molecule has 0 aliphatic carbocycles. The average Bonchev–Trinajstić information content (AvgIpc) is 3.28. The van der Waals surface area contributed by atoms with Crippen molar-refractivity contribution in [1.29, 1.82) is 0 Å². The highest BCUT2D eigenvalue weighted by atomic mass is 32.2. The molecule has 12 nitrogen and oxygen atoms in total. The van der Waals surface area contributed by atoms with E-state index in [1.165, 1.54) is 49.2 Å². The number of amides is 1. The van der Waals surface area contributed by atoms with Crippen LogP contribution >= 0.6 is 0 Å². The van der Waals surface area contributed by atoms with Gasteiger partial charge in [-0.25, -0.2) is 16.8 Å². The summed E-state index contributed by atoms with van der Waals surface area (Å²) >= 11 is 0. The third-order valence-corrected chi connectivity index (χ3v) is 10.5. The zero-order chi connectivity index (χ0) is 30.1. The van der Waals surface area contributed by atoms with Gasteiger partial charge in [0.1, 0.15) is 22.4 Å². The second-order valence-corrected chi connectivity index (χ2v) is 13.9. The first kappa shape index (κ1) is 30.5. The topological polar surface area (TPSA) is 159 Å². The monoisotopic (exact) mass is 606 g/mol. The number of rotatable bonds is 9. The zero-order valence-corrected chi connectivity index (χ0v) is 25.1. The van der Waals surface area contributed by atoms with Gasteiger partial charge in [-0.05, 0) is 51.1 Å². The Morgan fingerprint density at radius 3 is 2.44 bits per heavy atom. The van der Waals surface area contributed by atoms with Crippen molar-refractivity contribution in [3.8, 4) is 5.75 Å². The van der Waals surface area contributed by atoms with Crippen LogP contribution in [0, 0.1) is 19.8 Å². The molecule has 1 aromatic heterocycles. The van der Waals surface area contributed by atoms with Crippen molar-refractivity contribution in [1.82, 2.24) is 14.4 Å². The fourth-order valence-corrected chi connectivity index (χ4v) is 7.20. The number of aliphatic hydroxyl groups excluding tert-OH is 1. The fraction of sp³-hybridized carbons (Fsp3) is 0.407. The van der Waals surface area contributed by atoms with E-state index in [1.54, 1.807) is 32.0 Å². The summed E-state index contributed by atoms with van der Waals surface area (Å²) in [7, 11) is -6.48. The van der Waals surface area contributed by atoms with Crippen molar-refractivity contribution in [2.24, 2.45) is 5.92 Å². The van der Waals surface area contributed by atoms with Crippen LogP contribution in [0.3, 0.4) is 0 Å². The number of aromatic nitrogens is 1. The highest BCUT2D eigenvalue weighted by molar-refractivity contribution is 7.92. The highest BCUT2D eigenvalue weighted by Crippen LogP contribution is 2.32. The number of ether oxygens (including phenoxy) is 1. The summed E-state index contributed by atoms with van der Waals surface area (Å²) in [6, 6.07) is 11.6. The van der Waals surface area contributed by atoms with Gasteiger partial charge in [-0.2, -0.15) is 4.31 Å². The van der Waals surface area contributed by atoms with Crippen LogP contribution in [0.5, 0.6) is 5.75 Å². The fourth-order valence-electron chi connectivity index (χ4n) is 4.67. The molecule has 3 aromatic rings. The Labute approximate surface area is 240 Å². The van der Waals surface area contributed by atoms with Crippen LogP contribution in [0.15, 0.2) is 62.8 Å². The van der Waals surface area contributed by atoms with Gasteiger partial charge in [-0.15, -0.1) is 0 Å². The number of hydrogen-bond acceptors (Lipinski definition) is 9. The largest absolute Gasteiger partial charge is 0.488 e. The molecular weight excluding hydrogens is 572 g/mol. The molecule has 3 atom stereocenters. The average molecular weight is 607 g/mol. The number of benzene rings is 2. The molecule has 0 bridgehead atoms. The van der Waals surface area contributed by atoms with Gasteiger partial charge < -0.3 is 19.3 Å². The first-order valence-corrected chi connectivity index (χ1v) is 15.9. The number of aryl methyl sites for hydroxylation is 2. The number of nitrogens with one attached hydrogen (secondary N) is 1. The molecule has 1 amide bonds. The first-order valence-electron chi connectivity index (χ1n) is 13.0. The number of fused-ring (bicyclic) bond motifs is 1. The van der Waals surface area contributed by atoms with Crippen molar-refractivity contribution < 1.29 is 36.0 Å². The van der Waals surface area contributed by atoms with Crippen LogP contribution in [-0.2, 0) is 20.0 Å². The van der Waals surface area contributed by atoms with Crippen LogP contribution in [0.2, 0.25) is 0 Å². The molecule has 0 spiro atoms. The van der Waals surface area contributed by atoms with Gasteiger partial charge in [0.2, 0.25) is 10.0 Å². The molecule has 2 aromatic carbocycles. The summed E-state index contributed by atoms with van der Waals surface area (Å²) in [4.78, 5) is 15.2. The van der Waals surface area contributed by atoms with Crippen molar-refractivity contribution in [2.45, 2.75) is 49.6 Å². The summed E-state index contributed by atoms with van der Waals surface area (Å²) in [6.45, 7) is 6.38. The van der Waals surface area contributed by atoms with Gasteiger partial charge in [0.15, 0.2) is 5.76 Å². The number of sulfonamides is 2. The van der Waals surface area contributed by atoms with Gasteiger partial charge in [0, 0.05) is 25.2 Å². The lowest BCUT2D eigenvalue weighted by Crippen LogP contribution is -2.50. The molecule has 0 fully saturated rings. The van der Waals surface area contributed by atoms with E-state index in [4.69, 9.17) is 9.26 Å². The lowest BCUT2D eigenvalue weighted by Gasteiger charge is -2.38. The number of aliphatic hydroxyl groups is 1. The lowest BCUT2D eigenvalue weighted by atomic mass is 9.99. The van der Waals surface area contributed by atoms with Crippen LogP contribution in [-0.4, -0.2) is 81.1 Å². The van der Waals surface area contributed by atoms with E-state index in [9.17, 15) is 26.7 Å². The zero-order valence-electron chi connectivity index (χ0n) is 23.4. The molecular formula is C27H34N4O8S2. The van der Waals surface area contributed by atoms with E-state index in [2.05, 4.69) is 9.88 Å². The van der Waals surface area contributed by atoms with Crippen molar-refractivity contribution >= 4 is 31.6 Å². The molecule has 1 aliphatic heterocycles. The molecule has 2 heterocycles. The smallest absolute Gasteiger partial charge is 0.261 e. The van der Waals surface area contributed by atoms with Crippen molar-refractivity contribution in [2.75, 3.05) is 31.5 Å². The van der Waals surface area contributed by atoms with E-state index in [0.29, 0.717) is 0 Å². The van der Waals surface area contributed by atoms with E-state index in [1.807, 2.05) is 6.92 Å². The minimum Gasteiger partial charge on any atom is -0.488 e. The SMILES string of the molecule is Cc1noc(C)c1S(=O)(=O)N(C)C[C@@H]1Oc2ccc(NS(=O)(=O)c3ccccc3)cc2C(=O)N([C@@H](C)CO)C[C@@H]1C. The van der Waals surface area contributed by atoms with Gasteiger partial charge in [0.05, 0.1) is 29.7 Å². The van der Waals surface area contributed by atoms with Crippen LogP contribution in [0.4, 0.5) is 5.69 Å². The quantitative estimate of drug-likeness (QED) is 0.373. The van der Waals surface area contributed by atoms with Gasteiger partial charge >= 0.3 is 0 Å². The maximum atomic E-state index is 13.7. The molecule has 222 valence electrons. The van der Waals surface area contributed by atoms with Crippen LogP contribution in [0.1, 0.15) is 35.7 Å². The maximum absolute atomic E-state index is 13.7.